The van der Waals surface area contributed by atoms with Crippen LogP contribution >= 0.6 is 0 Å². The third-order valence-corrected chi connectivity index (χ3v) is 2.70. The molecule has 18 heavy (non-hydrogen) atoms. The van der Waals surface area contributed by atoms with Gasteiger partial charge in [-0.3, -0.25) is 4.79 Å². The Labute approximate surface area is 108 Å². The van der Waals surface area contributed by atoms with Gasteiger partial charge in [0.25, 0.3) is 0 Å². The Bertz CT molecular complexity index is 334. The molecule has 0 bridgehead atoms. The van der Waals surface area contributed by atoms with Crippen molar-refractivity contribution in [3.05, 3.63) is 12.7 Å². The number of rotatable bonds is 3. The average molecular weight is 254 g/mol. The summed E-state index contributed by atoms with van der Waals surface area (Å²) < 4.78 is 5.35. The van der Waals surface area contributed by atoms with Crippen molar-refractivity contribution in [1.82, 2.24) is 10.6 Å². The van der Waals surface area contributed by atoms with Crippen molar-refractivity contribution >= 4 is 12.0 Å². The van der Waals surface area contributed by atoms with Crippen molar-refractivity contribution in [3.63, 3.8) is 0 Å². The van der Waals surface area contributed by atoms with E-state index in [2.05, 4.69) is 17.2 Å². The zero-order valence-electron chi connectivity index (χ0n) is 11.3. The zero-order chi connectivity index (χ0) is 13.8. The molecule has 0 aromatic heterocycles. The van der Waals surface area contributed by atoms with E-state index in [-0.39, 0.29) is 23.6 Å². The van der Waals surface area contributed by atoms with Crippen LogP contribution in [0, 0.1) is 0 Å². The van der Waals surface area contributed by atoms with E-state index in [0.717, 1.165) is 19.3 Å². The molecule has 1 aliphatic rings. The molecule has 0 aromatic carbocycles. The highest BCUT2D eigenvalue weighted by Crippen LogP contribution is 2.22. The Morgan fingerprint density at radius 2 is 2.00 bits per heavy atom. The van der Waals surface area contributed by atoms with E-state index in [0.29, 0.717) is 0 Å². The minimum atomic E-state index is -0.438. The Morgan fingerprint density at radius 1 is 1.33 bits per heavy atom. The number of amides is 2. The van der Waals surface area contributed by atoms with Crippen molar-refractivity contribution in [3.8, 4) is 0 Å². The van der Waals surface area contributed by atoms with Gasteiger partial charge in [-0.1, -0.05) is 6.58 Å². The van der Waals surface area contributed by atoms with Crippen LogP contribution in [0.1, 0.15) is 40.0 Å². The summed E-state index contributed by atoms with van der Waals surface area (Å²) in [4.78, 5) is 22.9. The quantitative estimate of drug-likeness (QED) is 0.754. The molecule has 2 atom stereocenters. The highest BCUT2D eigenvalue weighted by atomic mass is 16.6. The summed E-state index contributed by atoms with van der Waals surface area (Å²) in [6, 6.07) is -0.110. The predicted molar refractivity (Wildman–Crippen MR) is 69.1 cm³/mol. The smallest absolute Gasteiger partial charge is 0.407 e. The van der Waals surface area contributed by atoms with E-state index in [1.807, 2.05) is 20.8 Å². The molecule has 1 rings (SSSR count). The van der Waals surface area contributed by atoms with Gasteiger partial charge in [-0.2, -0.15) is 0 Å². The summed E-state index contributed by atoms with van der Waals surface area (Å²) in [6.07, 6.45) is 3.08. The van der Waals surface area contributed by atoms with Gasteiger partial charge in [-0.25, -0.2) is 4.79 Å². The van der Waals surface area contributed by atoms with Crippen LogP contribution in [0.2, 0.25) is 0 Å². The Balaban J connectivity index is 2.47. The first kappa shape index (κ1) is 14.5. The molecule has 0 saturated heterocycles. The van der Waals surface area contributed by atoms with E-state index >= 15 is 0 Å². The van der Waals surface area contributed by atoms with Crippen molar-refractivity contribution < 1.29 is 14.3 Å². The summed E-state index contributed by atoms with van der Waals surface area (Å²) in [5, 5.41) is 5.52. The van der Waals surface area contributed by atoms with Crippen LogP contribution in [0.5, 0.6) is 0 Å². The van der Waals surface area contributed by atoms with Gasteiger partial charge in [0.15, 0.2) is 0 Å². The molecule has 2 amide bonds. The molecular weight excluding hydrogens is 232 g/mol. The predicted octanol–water partition coefficient (Wildman–Crippen LogP) is 1.73. The van der Waals surface area contributed by atoms with Gasteiger partial charge in [0, 0.05) is 5.54 Å². The van der Waals surface area contributed by atoms with Gasteiger partial charge in [-0.15, -0.1) is 0 Å². The second-order valence-electron chi connectivity index (χ2n) is 5.57. The lowest BCUT2D eigenvalue weighted by molar-refractivity contribution is -0.117. The molecule has 1 saturated carbocycles. The molecule has 0 spiro atoms. The molecule has 5 nitrogen and oxygen atoms in total. The van der Waals surface area contributed by atoms with E-state index in [1.165, 1.54) is 6.08 Å². The number of hydrogen-bond donors (Lipinski definition) is 2. The van der Waals surface area contributed by atoms with Crippen LogP contribution < -0.4 is 10.6 Å². The summed E-state index contributed by atoms with van der Waals surface area (Å²) in [5.74, 6) is -0.230. The standard InChI is InChI=1S/C13H22N2O3/c1-5-11(16)14-9-7-6-8-10(9)18-12(17)15-13(2,3)4/h5,9-10H,1,6-8H2,2-4H3,(H,14,16)(H,15,17)/t9-,10+/m0/s1. The van der Waals surface area contributed by atoms with Crippen molar-refractivity contribution in [2.24, 2.45) is 0 Å². The van der Waals surface area contributed by atoms with Crippen molar-refractivity contribution in [2.45, 2.75) is 57.7 Å². The highest BCUT2D eigenvalue weighted by molar-refractivity contribution is 5.87. The summed E-state index contributed by atoms with van der Waals surface area (Å²) >= 11 is 0. The molecule has 0 heterocycles. The molecule has 0 aliphatic heterocycles. The maximum absolute atomic E-state index is 11.6. The van der Waals surface area contributed by atoms with Crippen LogP contribution in [0.3, 0.4) is 0 Å². The molecule has 2 N–H and O–H groups in total. The van der Waals surface area contributed by atoms with E-state index < -0.39 is 6.09 Å². The molecule has 0 unspecified atom stereocenters. The Hall–Kier alpha value is -1.52. The second-order valence-corrected chi connectivity index (χ2v) is 5.57. The minimum Gasteiger partial charge on any atom is -0.444 e. The second kappa shape index (κ2) is 5.89. The van der Waals surface area contributed by atoms with Crippen LogP contribution in [0.4, 0.5) is 4.79 Å². The van der Waals surface area contributed by atoms with Crippen molar-refractivity contribution in [2.75, 3.05) is 0 Å². The number of nitrogens with one attached hydrogen (secondary N) is 2. The number of ether oxygens (including phenoxy) is 1. The first-order valence-electron chi connectivity index (χ1n) is 6.23. The molecule has 0 aromatic rings. The highest BCUT2D eigenvalue weighted by Gasteiger charge is 2.31. The Morgan fingerprint density at radius 3 is 2.56 bits per heavy atom. The van der Waals surface area contributed by atoms with Gasteiger partial charge in [0.05, 0.1) is 6.04 Å². The Kier molecular flexibility index (Phi) is 4.76. The molecular formula is C13H22N2O3. The van der Waals surface area contributed by atoms with Gasteiger partial charge >= 0.3 is 6.09 Å². The fraction of sp³-hybridized carbons (Fsp3) is 0.692. The van der Waals surface area contributed by atoms with E-state index in [1.54, 1.807) is 0 Å². The topological polar surface area (TPSA) is 67.4 Å². The van der Waals surface area contributed by atoms with Crippen molar-refractivity contribution in [1.29, 1.82) is 0 Å². The van der Waals surface area contributed by atoms with Gasteiger partial charge in [-0.05, 0) is 46.1 Å². The summed E-state index contributed by atoms with van der Waals surface area (Å²) in [6.45, 7) is 9.07. The third-order valence-electron chi connectivity index (χ3n) is 2.70. The fourth-order valence-corrected chi connectivity index (χ4v) is 1.95. The normalized spacial score (nSPS) is 23.3. The minimum absolute atomic E-state index is 0.110. The molecule has 5 heteroatoms. The van der Waals surface area contributed by atoms with Crippen LogP contribution in [0.25, 0.3) is 0 Å². The number of carbonyl (C=O) groups is 2. The number of hydrogen-bond acceptors (Lipinski definition) is 3. The molecule has 0 radical (unpaired) electrons. The maximum Gasteiger partial charge on any atom is 0.407 e. The summed E-state index contributed by atoms with van der Waals surface area (Å²) in [5.41, 5.74) is -0.324. The van der Waals surface area contributed by atoms with E-state index in [4.69, 9.17) is 4.74 Å². The summed E-state index contributed by atoms with van der Waals surface area (Å²) in [7, 11) is 0. The molecule has 1 aliphatic carbocycles. The van der Waals surface area contributed by atoms with Crippen LogP contribution in [0.15, 0.2) is 12.7 Å². The lowest BCUT2D eigenvalue weighted by Crippen LogP contribution is -2.46. The molecule has 102 valence electrons. The third kappa shape index (κ3) is 4.77. The lowest BCUT2D eigenvalue weighted by atomic mass is 10.1. The van der Waals surface area contributed by atoms with Gasteiger partial charge < -0.3 is 15.4 Å². The average Bonchev–Trinajstić information content (AvgIpc) is 2.62. The lowest BCUT2D eigenvalue weighted by Gasteiger charge is -2.24. The number of alkyl carbamates (subject to hydrolysis) is 1. The molecule has 1 fully saturated rings. The maximum atomic E-state index is 11.6. The first-order valence-corrected chi connectivity index (χ1v) is 6.23. The monoisotopic (exact) mass is 254 g/mol. The first-order chi connectivity index (χ1) is 8.31. The SMILES string of the molecule is C=CC(=O)N[C@H]1CCC[C@H]1OC(=O)NC(C)(C)C. The fourth-order valence-electron chi connectivity index (χ4n) is 1.95. The van der Waals surface area contributed by atoms with Crippen LogP contribution in [-0.4, -0.2) is 29.7 Å². The largest absolute Gasteiger partial charge is 0.444 e. The van der Waals surface area contributed by atoms with Gasteiger partial charge in [0.2, 0.25) is 5.91 Å². The van der Waals surface area contributed by atoms with Crippen LogP contribution in [-0.2, 0) is 9.53 Å². The number of carbonyl (C=O) groups excluding carboxylic acids is 2. The zero-order valence-corrected chi connectivity index (χ0v) is 11.3. The van der Waals surface area contributed by atoms with E-state index in [9.17, 15) is 9.59 Å². The van der Waals surface area contributed by atoms with Gasteiger partial charge in [0.1, 0.15) is 6.10 Å².